The number of piperidine rings is 1. The van der Waals surface area contributed by atoms with Crippen LogP contribution in [0.3, 0.4) is 0 Å². The van der Waals surface area contributed by atoms with Gasteiger partial charge in [-0.15, -0.1) is 0 Å². The SMILES string of the molecule is Cn1c(=O)n(C2CCC(=O)NC2=O)c2ccc(CCCCCCCCCNC(=O)OC(C)(C)C)cc21. The van der Waals surface area contributed by atoms with Crippen LogP contribution in [0.1, 0.15) is 90.2 Å². The molecule has 0 spiro atoms. The third kappa shape index (κ3) is 7.45. The minimum atomic E-state index is -0.655. The average Bonchev–Trinajstić information content (AvgIpc) is 3.04. The summed E-state index contributed by atoms with van der Waals surface area (Å²) in [7, 11) is 1.72. The number of imidazole rings is 1. The Labute approximate surface area is 212 Å². The monoisotopic (exact) mass is 500 g/mol. The third-order valence-electron chi connectivity index (χ3n) is 6.49. The van der Waals surface area contributed by atoms with Gasteiger partial charge in [-0.25, -0.2) is 9.59 Å². The smallest absolute Gasteiger partial charge is 0.407 e. The van der Waals surface area contributed by atoms with Gasteiger partial charge in [0, 0.05) is 20.0 Å². The summed E-state index contributed by atoms with van der Waals surface area (Å²) in [6.45, 7) is 6.21. The summed E-state index contributed by atoms with van der Waals surface area (Å²) in [5.74, 6) is -0.703. The number of ether oxygens (including phenoxy) is 1. The van der Waals surface area contributed by atoms with E-state index in [1.807, 2.05) is 39.0 Å². The van der Waals surface area contributed by atoms with E-state index in [-0.39, 0.29) is 24.1 Å². The van der Waals surface area contributed by atoms with Gasteiger partial charge in [0.15, 0.2) is 0 Å². The van der Waals surface area contributed by atoms with Crippen LogP contribution in [-0.4, -0.2) is 39.2 Å². The highest BCUT2D eigenvalue weighted by Crippen LogP contribution is 2.24. The molecule has 9 heteroatoms. The average molecular weight is 501 g/mol. The Balaban J connectivity index is 1.39. The molecule has 2 aromatic rings. The van der Waals surface area contributed by atoms with E-state index in [9.17, 15) is 19.2 Å². The molecule has 198 valence electrons. The van der Waals surface area contributed by atoms with Crippen molar-refractivity contribution in [2.45, 2.75) is 96.6 Å². The first kappa shape index (κ1) is 27.5. The Bertz CT molecular complexity index is 1140. The van der Waals surface area contributed by atoms with E-state index >= 15 is 0 Å². The number of unbranched alkanes of at least 4 members (excludes halogenated alkanes) is 6. The van der Waals surface area contributed by atoms with Crippen LogP contribution < -0.4 is 16.3 Å². The van der Waals surface area contributed by atoms with Crippen molar-refractivity contribution in [1.29, 1.82) is 0 Å². The van der Waals surface area contributed by atoms with E-state index in [1.165, 1.54) is 23.0 Å². The van der Waals surface area contributed by atoms with Crippen molar-refractivity contribution in [3.05, 3.63) is 34.2 Å². The van der Waals surface area contributed by atoms with Gasteiger partial charge in [0.05, 0.1) is 11.0 Å². The molecule has 1 unspecified atom stereocenters. The lowest BCUT2D eigenvalue weighted by Gasteiger charge is -2.21. The van der Waals surface area contributed by atoms with E-state index in [1.54, 1.807) is 11.6 Å². The van der Waals surface area contributed by atoms with Crippen LogP contribution in [0.15, 0.2) is 23.0 Å². The predicted molar refractivity (Wildman–Crippen MR) is 139 cm³/mol. The fourth-order valence-electron chi connectivity index (χ4n) is 4.64. The van der Waals surface area contributed by atoms with Gasteiger partial charge in [-0.05, 0) is 64.2 Å². The lowest BCUT2D eigenvalue weighted by molar-refractivity contribution is -0.135. The lowest BCUT2D eigenvalue weighted by Crippen LogP contribution is -2.44. The van der Waals surface area contributed by atoms with Crippen molar-refractivity contribution in [2.24, 2.45) is 7.05 Å². The molecule has 9 nitrogen and oxygen atoms in total. The number of hydrogen-bond acceptors (Lipinski definition) is 5. The van der Waals surface area contributed by atoms with E-state index in [0.29, 0.717) is 13.0 Å². The van der Waals surface area contributed by atoms with Gasteiger partial charge >= 0.3 is 11.8 Å². The predicted octanol–water partition coefficient (Wildman–Crippen LogP) is 4.12. The molecule has 1 aliphatic rings. The van der Waals surface area contributed by atoms with Crippen molar-refractivity contribution in [3.8, 4) is 0 Å². The van der Waals surface area contributed by atoms with Crippen LogP contribution in [0.2, 0.25) is 0 Å². The highest BCUT2D eigenvalue weighted by molar-refractivity contribution is 6.00. The Morgan fingerprint density at radius 3 is 2.36 bits per heavy atom. The number of rotatable bonds is 11. The summed E-state index contributed by atoms with van der Waals surface area (Å²) in [6.07, 6.45) is 8.92. The first-order valence-electron chi connectivity index (χ1n) is 13.1. The molecule has 2 heterocycles. The molecule has 0 radical (unpaired) electrons. The Kier molecular flexibility index (Phi) is 9.34. The summed E-state index contributed by atoms with van der Waals surface area (Å²) in [5.41, 5.74) is 2.00. The molecule has 1 aromatic heterocycles. The highest BCUT2D eigenvalue weighted by Gasteiger charge is 2.31. The molecule has 3 rings (SSSR count). The van der Waals surface area contributed by atoms with Crippen LogP contribution in [0.4, 0.5) is 4.79 Å². The van der Waals surface area contributed by atoms with E-state index in [2.05, 4.69) is 10.6 Å². The van der Waals surface area contributed by atoms with Gasteiger partial charge in [0.1, 0.15) is 11.6 Å². The number of carbonyl (C=O) groups excluding carboxylic acids is 3. The van der Waals surface area contributed by atoms with Crippen molar-refractivity contribution >= 4 is 28.9 Å². The molecule has 3 amide bonds. The number of benzene rings is 1. The Morgan fingerprint density at radius 1 is 1.03 bits per heavy atom. The zero-order valence-corrected chi connectivity index (χ0v) is 22.0. The first-order valence-corrected chi connectivity index (χ1v) is 13.1. The molecule has 1 fully saturated rings. The minimum absolute atomic E-state index is 0.236. The molecule has 1 atom stereocenters. The maximum atomic E-state index is 12.9. The van der Waals surface area contributed by atoms with E-state index in [4.69, 9.17) is 4.74 Å². The van der Waals surface area contributed by atoms with Crippen LogP contribution in [0, 0.1) is 0 Å². The van der Waals surface area contributed by atoms with Crippen molar-refractivity contribution in [1.82, 2.24) is 19.8 Å². The number of amides is 3. The standard InChI is InChI=1S/C27H40N4O5/c1-27(2,3)36-25(34)28-17-11-9-7-5-6-8-10-12-19-13-14-20-22(18-19)30(4)26(35)31(20)21-15-16-23(32)29-24(21)33/h13-14,18,21H,5-12,15-17H2,1-4H3,(H,28,34)(H,29,32,33). The maximum Gasteiger partial charge on any atom is 0.407 e. The lowest BCUT2D eigenvalue weighted by atomic mass is 10.0. The molecule has 0 aliphatic carbocycles. The second kappa shape index (κ2) is 12.2. The van der Waals surface area contributed by atoms with Crippen molar-refractivity contribution in [2.75, 3.05) is 6.54 Å². The fourth-order valence-corrected chi connectivity index (χ4v) is 4.64. The van der Waals surface area contributed by atoms with Crippen molar-refractivity contribution < 1.29 is 19.1 Å². The molecule has 1 aromatic carbocycles. The highest BCUT2D eigenvalue weighted by atomic mass is 16.6. The second-order valence-corrected chi connectivity index (χ2v) is 10.7. The number of nitrogens with zero attached hydrogens (tertiary/aromatic N) is 2. The van der Waals surface area contributed by atoms with Gasteiger partial charge < -0.3 is 10.1 Å². The van der Waals surface area contributed by atoms with Crippen LogP contribution in [-0.2, 0) is 27.8 Å². The molecule has 36 heavy (non-hydrogen) atoms. The molecule has 2 N–H and O–H groups in total. The number of imide groups is 1. The van der Waals surface area contributed by atoms with Gasteiger partial charge in [0.25, 0.3) is 0 Å². The molecular weight excluding hydrogens is 460 g/mol. The van der Waals surface area contributed by atoms with Crippen LogP contribution >= 0.6 is 0 Å². The minimum Gasteiger partial charge on any atom is -0.444 e. The van der Waals surface area contributed by atoms with Crippen molar-refractivity contribution in [3.63, 3.8) is 0 Å². The van der Waals surface area contributed by atoms with E-state index < -0.39 is 17.6 Å². The number of aromatic nitrogens is 2. The number of alkyl carbamates (subject to hydrolysis) is 1. The fraction of sp³-hybridized carbons (Fsp3) is 0.630. The second-order valence-electron chi connectivity index (χ2n) is 10.7. The largest absolute Gasteiger partial charge is 0.444 e. The van der Waals surface area contributed by atoms with Crippen LogP contribution in [0.25, 0.3) is 11.0 Å². The summed E-state index contributed by atoms with van der Waals surface area (Å²) in [4.78, 5) is 48.3. The van der Waals surface area contributed by atoms with Gasteiger partial charge in [-0.1, -0.05) is 38.2 Å². The molecule has 1 saturated heterocycles. The van der Waals surface area contributed by atoms with E-state index in [0.717, 1.165) is 49.6 Å². The number of fused-ring (bicyclic) bond motifs is 1. The zero-order valence-electron chi connectivity index (χ0n) is 22.0. The topological polar surface area (TPSA) is 111 Å². The van der Waals surface area contributed by atoms with Crippen LogP contribution in [0.5, 0.6) is 0 Å². The normalized spacial score (nSPS) is 16.3. The summed E-state index contributed by atoms with van der Waals surface area (Å²) in [5, 5.41) is 5.14. The summed E-state index contributed by atoms with van der Waals surface area (Å²) < 4.78 is 8.33. The molecular formula is C27H40N4O5. The van der Waals surface area contributed by atoms with Gasteiger partial charge in [0.2, 0.25) is 11.8 Å². The van der Waals surface area contributed by atoms with Gasteiger partial charge in [-0.3, -0.25) is 24.0 Å². The quantitative estimate of drug-likeness (QED) is 0.356. The Hall–Kier alpha value is -3.10. The Morgan fingerprint density at radius 2 is 1.69 bits per heavy atom. The zero-order chi connectivity index (χ0) is 26.3. The number of carbonyl (C=O) groups is 3. The summed E-state index contributed by atoms with van der Waals surface area (Å²) >= 11 is 0. The number of aryl methyl sites for hydroxylation is 2. The van der Waals surface area contributed by atoms with Gasteiger partial charge in [-0.2, -0.15) is 0 Å². The maximum absolute atomic E-state index is 12.9. The first-order chi connectivity index (χ1) is 17.1. The molecule has 1 aliphatic heterocycles. The molecule has 0 bridgehead atoms. The summed E-state index contributed by atoms with van der Waals surface area (Å²) in [6, 6.07) is 5.33. The molecule has 0 saturated carbocycles. The third-order valence-corrected chi connectivity index (χ3v) is 6.49. The number of nitrogens with one attached hydrogen (secondary N) is 2. The number of hydrogen-bond donors (Lipinski definition) is 2.